The molecule has 0 aromatic heterocycles. The van der Waals surface area contributed by atoms with E-state index in [9.17, 15) is 0 Å². The molecule has 1 aliphatic heterocycles. The van der Waals surface area contributed by atoms with Gasteiger partial charge in [0.15, 0.2) is 0 Å². The highest BCUT2D eigenvalue weighted by Gasteiger charge is 2.27. The topological polar surface area (TPSA) is 15.3 Å². The minimum atomic E-state index is 0.431. The molecule has 0 radical (unpaired) electrons. The number of benzene rings is 1. The summed E-state index contributed by atoms with van der Waals surface area (Å²) in [5.74, 6) is 0.606. The van der Waals surface area contributed by atoms with Crippen molar-refractivity contribution < 1.29 is 0 Å². The van der Waals surface area contributed by atoms with E-state index in [1.165, 1.54) is 37.1 Å². The molecule has 0 amide bonds. The maximum Gasteiger partial charge on any atom is 0.0446 e. The van der Waals surface area contributed by atoms with Crippen LogP contribution in [-0.4, -0.2) is 31.6 Å². The first-order valence-corrected chi connectivity index (χ1v) is 8.41. The predicted octanol–water partition coefficient (Wildman–Crippen LogP) is 4.19. The van der Waals surface area contributed by atoms with Gasteiger partial charge in [-0.2, -0.15) is 0 Å². The maximum atomic E-state index is 3.50. The summed E-state index contributed by atoms with van der Waals surface area (Å²) < 4.78 is 0. The van der Waals surface area contributed by atoms with E-state index in [0.29, 0.717) is 17.4 Å². The molecule has 1 atom stereocenters. The van der Waals surface area contributed by atoms with Crippen LogP contribution in [0.2, 0.25) is 0 Å². The van der Waals surface area contributed by atoms with Gasteiger partial charge in [-0.15, -0.1) is 0 Å². The van der Waals surface area contributed by atoms with Crippen LogP contribution < -0.4 is 5.32 Å². The van der Waals surface area contributed by atoms with Gasteiger partial charge in [0.05, 0.1) is 0 Å². The number of rotatable bonds is 5. The van der Waals surface area contributed by atoms with Crippen molar-refractivity contribution in [2.45, 2.75) is 52.5 Å². The second kappa shape index (κ2) is 6.93. The van der Waals surface area contributed by atoms with Gasteiger partial charge in [-0.1, -0.05) is 52.0 Å². The summed E-state index contributed by atoms with van der Waals surface area (Å²) in [6.07, 6.45) is 2.69. The van der Waals surface area contributed by atoms with Crippen LogP contribution in [0.4, 0.5) is 0 Å². The van der Waals surface area contributed by atoms with Gasteiger partial charge in [0.2, 0.25) is 0 Å². The Labute approximate surface area is 130 Å². The molecule has 2 heteroatoms. The Kier molecular flexibility index (Phi) is 5.45. The average molecular weight is 288 g/mol. The highest BCUT2D eigenvalue weighted by Crippen LogP contribution is 2.29. The Morgan fingerprint density at radius 1 is 1.14 bits per heavy atom. The number of likely N-dealkylation sites (tertiary alicyclic amines) is 1. The van der Waals surface area contributed by atoms with E-state index in [-0.39, 0.29) is 0 Å². The van der Waals surface area contributed by atoms with Crippen LogP contribution in [0, 0.1) is 5.41 Å². The fraction of sp³-hybridized carbons (Fsp3) is 0.684. The van der Waals surface area contributed by atoms with Crippen molar-refractivity contribution >= 4 is 0 Å². The molecule has 0 bridgehead atoms. The third-order valence-electron chi connectivity index (χ3n) is 4.77. The molecule has 0 aliphatic carbocycles. The maximum absolute atomic E-state index is 3.50. The van der Waals surface area contributed by atoms with Crippen molar-refractivity contribution in [3.8, 4) is 0 Å². The van der Waals surface area contributed by atoms with E-state index in [1.54, 1.807) is 0 Å². The number of hydrogen-bond acceptors (Lipinski definition) is 2. The highest BCUT2D eigenvalue weighted by molar-refractivity contribution is 5.27. The van der Waals surface area contributed by atoms with Gasteiger partial charge in [-0.05, 0) is 48.9 Å². The minimum absolute atomic E-state index is 0.431. The van der Waals surface area contributed by atoms with Crippen LogP contribution in [-0.2, 0) is 0 Å². The zero-order valence-electron chi connectivity index (χ0n) is 14.4. The molecule has 2 rings (SSSR count). The van der Waals surface area contributed by atoms with Gasteiger partial charge in [0, 0.05) is 19.1 Å². The van der Waals surface area contributed by atoms with Crippen LogP contribution in [0.15, 0.2) is 24.3 Å². The van der Waals surface area contributed by atoms with E-state index in [4.69, 9.17) is 0 Å². The Hall–Kier alpha value is -0.860. The number of piperidine rings is 1. The van der Waals surface area contributed by atoms with Gasteiger partial charge in [-0.3, -0.25) is 0 Å². The summed E-state index contributed by atoms with van der Waals surface area (Å²) in [5.41, 5.74) is 3.30. The van der Waals surface area contributed by atoms with E-state index in [1.807, 2.05) is 0 Å². The molecule has 2 nitrogen and oxygen atoms in total. The van der Waals surface area contributed by atoms with Crippen LogP contribution >= 0.6 is 0 Å². The predicted molar refractivity (Wildman–Crippen MR) is 91.8 cm³/mol. The second-order valence-electron chi connectivity index (χ2n) is 7.67. The molecule has 1 aliphatic rings. The van der Waals surface area contributed by atoms with Crippen molar-refractivity contribution in [3.63, 3.8) is 0 Å². The first-order valence-electron chi connectivity index (χ1n) is 8.41. The normalized spacial score (nSPS) is 20.7. The zero-order chi connectivity index (χ0) is 15.5. The minimum Gasteiger partial charge on any atom is -0.312 e. The van der Waals surface area contributed by atoms with Gasteiger partial charge >= 0.3 is 0 Å². The lowest BCUT2D eigenvalue weighted by molar-refractivity contribution is 0.108. The van der Waals surface area contributed by atoms with Crippen molar-refractivity contribution in [1.82, 2.24) is 10.2 Å². The summed E-state index contributed by atoms with van der Waals surface area (Å²) in [6, 6.07) is 9.59. The summed E-state index contributed by atoms with van der Waals surface area (Å²) in [4.78, 5) is 2.63. The van der Waals surface area contributed by atoms with Crippen LogP contribution in [0.1, 0.15) is 63.6 Å². The van der Waals surface area contributed by atoms with E-state index in [2.05, 4.69) is 69.2 Å². The molecule has 1 fully saturated rings. The van der Waals surface area contributed by atoms with Gasteiger partial charge in [-0.25, -0.2) is 0 Å². The molecule has 1 saturated heterocycles. The van der Waals surface area contributed by atoms with Crippen molar-refractivity contribution in [3.05, 3.63) is 35.4 Å². The quantitative estimate of drug-likeness (QED) is 0.874. The molecule has 1 heterocycles. The lowest BCUT2D eigenvalue weighted by Gasteiger charge is -2.39. The molecular formula is C19H32N2. The van der Waals surface area contributed by atoms with Crippen molar-refractivity contribution in [1.29, 1.82) is 0 Å². The average Bonchev–Trinajstić information content (AvgIpc) is 2.44. The monoisotopic (exact) mass is 288 g/mol. The van der Waals surface area contributed by atoms with E-state index < -0.39 is 0 Å². The molecule has 1 aromatic carbocycles. The third kappa shape index (κ3) is 4.55. The largest absolute Gasteiger partial charge is 0.312 e. The van der Waals surface area contributed by atoms with Crippen molar-refractivity contribution in [2.75, 3.05) is 26.7 Å². The summed E-state index contributed by atoms with van der Waals surface area (Å²) in [5, 5.41) is 3.50. The van der Waals surface area contributed by atoms with Gasteiger partial charge < -0.3 is 10.2 Å². The molecular weight excluding hydrogens is 256 g/mol. The number of nitrogens with zero attached hydrogens (tertiary/aromatic N) is 1. The fourth-order valence-electron chi connectivity index (χ4n) is 3.44. The lowest BCUT2D eigenvalue weighted by Crippen LogP contribution is -2.43. The van der Waals surface area contributed by atoms with Crippen LogP contribution in [0.5, 0.6) is 0 Å². The molecule has 0 spiro atoms. The van der Waals surface area contributed by atoms with E-state index >= 15 is 0 Å². The van der Waals surface area contributed by atoms with Gasteiger partial charge in [0.25, 0.3) is 0 Å². The molecule has 118 valence electrons. The second-order valence-corrected chi connectivity index (χ2v) is 7.67. The van der Waals surface area contributed by atoms with Crippen LogP contribution in [0.25, 0.3) is 0 Å². The Balaban J connectivity index is 2.02. The number of likely N-dealkylation sites (N-methyl/N-ethyl adjacent to an activating group) is 1. The Bertz CT molecular complexity index is 433. The molecule has 21 heavy (non-hydrogen) atoms. The Morgan fingerprint density at radius 3 is 2.29 bits per heavy atom. The molecule has 0 saturated carbocycles. The molecule has 1 N–H and O–H groups in total. The number of nitrogens with one attached hydrogen (secondary N) is 1. The van der Waals surface area contributed by atoms with Gasteiger partial charge in [0.1, 0.15) is 0 Å². The summed E-state index contributed by atoms with van der Waals surface area (Å²) in [6.45, 7) is 12.9. The summed E-state index contributed by atoms with van der Waals surface area (Å²) >= 11 is 0. The van der Waals surface area contributed by atoms with Crippen molar-refractivity contribution in [2.24, 2.45) is 5.41 Å². The number of hydrogen-bond donors (Lipinski definition) is 1. The van der Waals surface area contributed by atoms with Crippen LogP contribution in [0.3, 0.4) is 0 Å². The first-order chi connectivity index (χ1) is 9.91. The molecule has 1 unspecified atom stereocenters. The summed E-state index contributed by atoms with van der Waals surface area (Å²) in [7, 11) is 2.08. The fourth-order valence-corrected chi connectivity index (χ4v) is 3.44. The lowest BCUT2D eigenvalue weighted by atomic mass is 9.84. The smallest absolute Gasteiger partial charge is 0.0446 e. The highest BCUT2D eigenvalue weighted by atomic mass is 15.2. The SMILES string of the molecule is CNC(CN1CCCC(C)(C)C1)c1ccc(C(C)C)cc1. The molecule has 1 aromatic rings. The third-order valence-corrected chi connectivity index (χ3v) is 4.77. The zero-order valence-corrected chi connectivity index (χ0v) is 14.4. The first kappa shape index (κ1) is 16.5. The Morgan fingerprint density at radius 2 is 1.76 bits per heavy atom. The standard InChI is InChI=1S/C19H32N2/c1-15(2)16-7-9-17(10-8-16)18(20-5)13-21-12-6-11-19(3,4)14-21/h7-10,15,18,20H,6,11-14H2,1-5H3. The van der Waals surface area contributed by atoms with E-state index in [0.717, 1.165) is 6.54 Å².